The summed E-state index contributed by atoms with van der Waals surface area (Å²) in [4.78, 5) is 24.0. The van der Waals surface area contributed by atoms with Crippen LogP contribution in [0.3, 0.4) is 0 Å². The third-order valence-electron chi connectivity index (χ3n) is 8.79. The van der Waals surface area contributed by atoms with Gasteiger partial charge in [0.15, 0.2) is 0 Å². The predicted octanol–water partition coefficient (Wildman–Crippen LogP) is 1.80. The Bertz CT molecular complexity index is 1460. The topological polar surface area (TPSA) is 106 Å². The van der Waals surface area contributed by atoms with Crippen LogP contribution in [0.5, 0.6) is 0 Å². The lowest BCUT2D eigenvalue weighted by molar-refractivity contribution is -0.0327. The maximum Gasteiger partial charge on any atom is 0.227 e. The zero-order valence-electron chi connectivity index (χ0n) is 24.4. The summed E-state index contributed by atoms with van der Waals surface area (Å²) < 4.78 is 12.2. The molecule has 2 bridgehead atoms. The van der Waals surface area contributed by atoms with E-state index in [0.29, 0.717) is 17.6 Å². The van der Waals surface area contributed by atoms with E-state index in [1.54, 1.807) is 6.20 Å². The first kappa shape index (κ1) is 27.3. The van der Waals surface area contributed by atoms with E-state index in [-0.39, 0.29) is 12.2 Å². The van der Waals surface area contributed by atoms with E-state index in [4.69, 9.17) is 19.4 Å². The molecule has 4 aliphatic heterocycles. The molecule has 4 aliphatic rings. The molecule has 11 heteroatoms. The van der Waals surface area contributed by atoms with Crippen LogP contribution in [-0.4, -0.2) is 116 Å². The van der Waals surface area contributed by atoms with Gasteiger partial charge in [-0.15, -0.1) is 0 Å². The summed E-state index contributed by atoms with van der Waals surface area (Å²) in [5, 5.41) is 14.2. The molecule has 1 N–H and O–H groups in total. The van der Waals surface area contributed by atoms with Crippen molar-refractivity contribution in [3.05, 3.63) is 47.8 Å². The Hall–Kier alpha value is -3.56. The Kier molecular flexibility index (Phi) is 7.54. The van der Waals surface area contributed by atoms with E-state index < -0.39 is 0 Å². The first-order valence-corrected chi connectivity index (χ1v) is 15.1. The van der Waals surface area contributed by atoms with Crippen molar-refractivity contribution in [3.8, 4) is 6.07 Å². The number of fused-ring (bicyclic) bond motifs is 3. The number of piperazine rings is 2. The van der Waals surface area contributed by atoms with Gasteiger partial charge in [-0.3, -0.25) is 9.88 Å². The number of nitrogens with zero attached hydrogens (tertiary/aromatic N) is 8. The number of nitriles is 1. The molecule has 4 fully saturated rings. The number of aryl methyl sites for hydroxylation is 1. The van der Waals surface area contributed by atoms with E-state index in [2.05, 4.69) is 68.0 Å². The number of ether oxygens (including phenoxy) is 2. The fraction of sp³-hybridized carbons (Fsp3) is 0.548. The molecule has 4 saturated heterocycles. The maximum absolute atomic E-state index is 9.56. The van der Waals surface area contributed by atoms with Crippen molar-refractivity contribution in [3.63, 3.8) is 0 Å². The van der Waals surface area contributed by atoms with Gasteiger partial charge in [-0.05, 0) is 38.1 Å². The molecular formula is C31H39N9O2. The average Bonchev–Trinajstić information content (AvgIpc) is 3.00. The van der Waals surface area contributed by atoms with E-state index >= 15 is 0 Å². The van der Waals surface area contributed by atoms with Gasteiger partial charge in [0, 0.05) is 100 Å². The molecule has 0 saturated carbocycles. The third kappa shape index (κ3) is 5.60. The Morgan fingerprint density at radius 2 is 1.79 bits per heavy atom. The van der Waals surface area contributed by atoms with Crippen molar-refractivity contribution in [2.75, 3.05) is 86.8 Å². The minimum absolute atomic E-state index is 0.103. The number of benzene rings is 1. The lowest BCUT2D eigenvalue weighted by Crippen LogP contribution is -2.63. The maximum atomic E-state index is 9.56. The molecule has 7 rings (SSSR count). The van der Waals surface area contributed by atoms with Crippen LogP contribution in [-0.2, 0) is 9.47 Å². The van der Waals surface area contributed by atoms with Crippen LogP contribution in [0.2, 0.25) is 0 Å². The third-order valence-corrected chi connectivity index (χ3v) is 8.79. The lowest BCUT2D eigenvalue weighted by atomic mass is 10.1. The number of pyridine rings is 1. The lowest BCUT2D eigenvalue weighted by Gasteiger charge is -2.43. The van der Waals surface area contributed by atoms with Gasteiger partial charge in [0.05, 0.1) is 36.5 Å². The van der Waals surface area contributed by atoms with Gasteiger partial charge in [-0.2, -0.15) is 10.2 Å². The number of nitrogens with one attached hydrogen (secondary N) is 1. The molecule has 2 aromatic heterocycles. The minimum Gasteiger partial charge on any atom is -0.378 e. The quantitative estimate of drug-likeness (QED) is 0.486. The van der Waals surface area contributed by atoms with Gasteiger partial charge in [0.25, 0.3) is 0 Å². The van der Waals surface area contributed by atoms with E-state index in [0.717, 1.165) is 106 Å². The average molecular weight is 570 g/mol. The van der Waals surface area contributed by atoms with Gasteiger partial charge in [-0.1, -0.05) is 0 Å². The Morgan fingerprint density at radius 3 is 2.57 bits per heavy atom. The van der Waals surface area contributed by atoms with E-state index in [9.17, 15) is 5.26 Å². The molecule has 11 nitrogen and oxygen atoms in total. The first-order valence-electron chi connectivity index (χ1n) is 15.1. The molecule has 0 aliphatic carbocycles. The van der Waals surface area contributed by atoms with Gasteiger partial charge in [0.2, 0.25) is 5.95 Å². The Labute approximate surface area is 247 Å². The number of hydrogen-bond donors (Lipinski definition) is 1. The highest BCUT2D eigenvalue weighted by molar-refractivity contribution is 5.95. The highest BCUT2D eigenvalue weighted by Gasteiger charge is 2.33. The largest absolute Gasteiger partial charge is 0.378 e. The molecule has 0 amide bonds. The van der Waals surface area contributed by atoms with E-state index in [1.807, 2.05) is 12.1 Å². The smallest absolute Gasteiger partial charge is 0.227 e. The molecule has 0 radical (unpaired) electrons. The van der Waals surface area contributed by atoms with Crippen LogP contribution >= 0.6 is 0 Å². The van der Waals surface area contributed by atoms with Gasteiger partial charge in [0.1, 0.15) is 11.9 Å². The molecule has 4 atom stereocenters. The Balaban J connectivity index is 0.993. The highest BCUT2D eigenvalue weighted by Crippen LogP contribution is 2.30. The van der Waals surface area contributed by atoms with Crippen LogP contribution in [0.1, 0.15) is 18.2 Å². The summed E-state index contributed by atoms with van der Waals surface area (Å²) in [6.07, 6.45) is 1.98. The van der Waals surface area contributed by atoms with E-state index in [1.165, 1.54) is 0 Å². The second kappa shape index (κ2) is 11.6. The van der Waals surface area contributed by atoms with Crippen molar-refractivity contribution in [2.24, 2.45) is 0 Å². The molecular weight excluding hydrogens is 530 g/mol. The van der Waals surface area contributed by atoms with Crippen LogP contribution in [0.25, 0.3) is 10.9 Å². The van der Waals surface area contributed by atoms with Crippen molar-refractivity contribution in [1.82, 2.24) is 25.2 Å². The number of aromatic nitrogens is 3. The molecule has 0 spiro atoms. The SMILES string of the molecule is Cc1cc(N2CCN(C[C@H]3CN(c4ccc(C#N)c5ncccc45)C[C@@H](C)O3)CC2)nc(N2CC3COC[C@@H](C2)N3)n1. The molecule has 220 valence electrons. The fourth-order valence-corrected chi connectivity index (χ4v) is 6.92. The standard InChI is InChI=1S/C31H39N9O2/c1-21-12-29(36-31(34-21)40-15-24-19-41-20-25(16-40)35-24)38-10-8-37(9-11-38)17-26-18-39(14-22(2)42-26)28-6-5-23(13-32)30-27(28)4-3-7-33-30/h3-7,12,22,24-26,35H,8-11,14-20H2,1-2H3/t22-,24-,25?,26+/m1/s1. The zero-order valence-corrected chi connectivity index (χ0v) is 24.4. The van der Waals surface area contributed by atoms with Crippen molar-refractivity contribution >= 4 is 28.4 Å². The summed E-state index contributed by atoms with van der Waals surface area (Å²) in [7, 11) is 0. The van der Waals surface area contributed by atoms with Crippen molar-refractivity contribution in [2.45, 2.75) is 38.1 Å². The normalized spacial score (nSPS) is 26.8. The zero-order chi connectivity index (χ0) is 28.6. The van der Waals surface area contributed by atoms with Crippen LogP contribution in [0.15, 0.2) is 36.5 Å². The Morgan fingerprint density at radius 1 is 0.976 bits per heavy atom. The molecule has 3 aromatic rings. The predicted molar refractivity (Wildman–Crippen MR) is 162 cm³/mol. The van der Waals surface area contributed by atoms with Gasteiger partial charge in [-0.25, -0.2) is 4.98 Å². The summed E-state index contributed by atoms with van der Waals surface area (Å²) in [5.41, 5.74) is 3.51. The van der Waals surface area contributed by atoms with Crippen molar-refractivity contribution < 1.29 is 9.47 Å². The minimum atomic E-state index is 0.103. The number of anilines is 3. The molecule has 1 aromatic carbocycles. The fourth-order valence-electron chi connectivity index (χ4n) is 6.92. The number of morpholine rings is 2. The van der Waals surface area contributed by atoms with Crippen molar-refractivity contribution in [1.29, 1.82) is 5.26 Å². The molecule has 6 heterocycles. The number of rotatable bonds is 5. The molecule has 42 heavy (non-hydrogen) atoms. The van der Waals surface area contributed by atoms with Gasteiger partial charge >= 0.3 is 0 Å². The second-order valence-electron chi connectivity index (χ2n) is 12.1. The first-order chi connectivity index (χ1) is 20.5. The van der Waals surface area contributed by atoms with Crippen LogP contribution < -0.4 is 20.0 Å². The van der Waals surface area contributed by atoms with Crippen LogP contribution in [0.4, 0.5) is 17.5 Å². The summed E-state index contributed by atoms with van der Waals surface area (Å²) in [5.74, 6) is 1.85. The monoisotopic (exact) mass is 569 g/mol. The highest BCUT2D eigenvalue weighted by atomic mass is 16.5. The molecule has 1 unspecified atom stereocenters. The summed E-state index contributed by atoms with van der Waals surface area (Å²) in [6, 6.07) is 13.0. The van der Waals surface area contributed by atoms with Gasteiger partial charge < -0.3 is 29.5 Å². The summed E-state index contributed by atoms with van der Waals surface area (Å²) in [6.45, 7) is 13.8. The number of hydrogen-bond acceptors (Lipinski definition) is 11. The van der Waals surface area contributed by atoms with Crippen LogP contribution in [0, 0.1) is 18.3 Å². The summed E-state index contributed by atoms with van der Waals surface area (Å²) >= 11 is 0. The second-order valence-corrected chi connectivity index (χ2v) is 12.1.